The summed E-state index contributed by atoms with van der Waals surface area (Å²) in [7, 11) is -10.9. The summed E-state index contributed by atoms with van der Waals surface area (Å²) in [5.41, 5.74) is 4.59. The molecule has 2 aliphatic heterocycles. The van der Waals surface area contributed by atoms with E-state index in [4.69, 9.17) is 15.2 Å². The molecular weight excluding hydrogens is 564 g/mol. The zero-order chi connectivity index (χ0) is 28.2. The van der Waals surface area contributed by atoms with Crippen molar-refractivity contribution in [3.05, 3.63) is 16.7 Å². The number of ether oxygens (including phenoxy) is 2. The zero-order valence-corrected chi connectivity index (χ0v) is 21.0. The lowest BCUT2D eigenvalue weighted by molar-refractivity contribution is -0.271. The molecule has 0 aliphatic carbocycles. The molecule has 0 saturated carbocycles. The van der Waals surface area contributed by atoms with Crippen molar-refractivity contribution in [2.24, 2.45) is 0 Å². The molecule has 38 heavy (non-hydrogen) atoms. The third-order valence-corrected chi connectivity index (χ3v) is 8.32. The van der Waals surface area contributed by atoms with E-state index in [0.717, 1.165) is 10.9 Å². The third kappa shape index (κ3) is 5.83. The van der Waals surface area contributed by atoms with Crippen LogP contribution < -0.4 is 11.3 Å². The molecule has 0 radical (unpaired) electrons. The number of H-pyrrole nitrogens is 1. The smallest absolute Gasteiger partial charge is 0.388 e. The van der Waals surface area contributed by atoms with Crippen LogP contribution in [0.15, 0.2) is 11.1 Å². The van der Waals surface area contributed by atoms with E-state index >= 15 is 0 Å². The number of hydrogen-bond acceptors (Lipinski definition) is 16. The van der Waals surface area contributed by atoms with Crippen LogP contribution >= 0.6 is 15.6 Å². The highest BCUT2D eigenvalue weighted by Gasteiger charge is 2.49. The Bertz CT molecular complexity index is 1320. The second-order valence-corrected chi connectivity index (χ2v) is 11.4. The van der Waals surface area contributed by atoms with Gasteiger partial charge in [0.2, 0.25) is 5.95 Å². The summed E-state index contributed by atoms with van der Waals surface area (Å²) < 4.78 is 49.3. The van der Waals surface area contributed by atoms with Gasteiger partial charge < -0.3 is 50.5 Å². The number of imidazole rings is 1. The van der Waals surface area contributed by atoms with Gasteiger partial charge in [0.1, 0.15) is 36.6 Å². The Balaban J connectivity index is 1.39. The number of aliphatic hydroxyl groups is 5. The number of phosphoric ester groups is 2. The number of hydrogen-bond donors (Lipinski definition) is 9. The number of nitrogens with two attached hydrogens (primary N) is 1. The second-order valence-electron chi connectivity index (χ2n) is 8.42. The van der Waals surface area contributed by atoms with Crippen LogP contribution in [-0.2, 0) is 32.0 Å². The van der Waals surface area contributed by atoms with Crippen molar-refractivity contribution < 1.29 is 67.3 Å². The molecule has 4 rings (SSSR count). The Morgan fingerprint density at radius 3 is 2.42 bits per heavy atom. The SMILES string of the molecule is C[C@@H]1O[C@H](OP(=O)(O)OP(=O)(O)OC[C@H]2O[C@@H](n3cnc4c(=O)[nH]c(N)nc43)[C@H](O)[C@@H]2O)[C@H](O)[C@@H](O)[C@@H]1O. The number of aliphatic hydroxyl groups excluding tert-OH is 5. The molecule has 20 nitrogen and oxygen atoms in total. The summed E-state index contributed by atoms with van der Waals surface area (Å²) in [6.45, 7) is 0.291. The number of nitrogens with zero attached hydrogens (tertiary/aromatic N) is 3. The van der Waals surface area contributed by atoms with E-state index in [0.29, 0.717) is 0 Å². The number of nitrogen functional groups attached to an aromatic ring is 1. The Kier molecular flexibility index (Phi) is 8.12. The largest absolute Gasteiger partial charge is 0.483 e. The van der Waals surface area contributed by atoms with Gasteiger partial charge in [-0.25, -0.2) is 14.1 Å². The van der Waals surface area contributed by atoms with Gasteiger partial charge >= 0.3 is 15.6 Å². The molecule has 214 valence electrons. The van der Waals surface area contributed by atoms with Crippen LogP contribution in [0.4, 0.5) is 5.95 Å². The Morgan fingerprint density at radius 2 is 1.74 bits per heavy atom. The Hall–Kier alpha value is -1.87. The highest BCUT2D eigenvalue weighted by molar-refractivity contribution is 7.61. The predicted molar refractivity (Wildman–Crippen MR) is 119 cm³/mol. The van der Waals surface area contributed by atoms with E-state index in [-0.39, 0.29) is 17.1 Å². The molecule has 0 spiro atoms. The number of rotatable bonds is 8. The van der Waals surface area contributed by atoms with E-state index < -0.39 is 83.1 Å². The number of anilines is 1. The summed E-state index contributed by atoms with van der Waals surface area (Å²) in [6.07, 6.45) is -13.8. The standard InChI is InChI=1S/C16H25N5O15P2/c1-4-7(22)9(24)11(26)15(33-4)35-38(30,31)36-37(28,29)32-2-5-8(23)10(25)14(34-5)21-3-18-6-12(21)19-16(17)20-13(6)27/h3-5,7-11,14-15,22-26H,2H2,1H3,(H,28,29)(H,30,31)(H3,17,19,20,27)/t4-,5+,7+,8+,9-,10+,11+,14+,15+/m0/s1. The lowest BCUT2D eigenvalue weighted by Gasteiger charge is -2.38. The minimum Gasteiger partial charge on any atom is -0.388 e. The fraction of sp³-hybridized carbons (Fsp3) is 0.688. The Morgan fingerprint density at radius 1 is 1.05 bits per heavy atom. The van der Waals surface area contributed by atoms with Crippen molar-refractivity contribution in [2.75, 3.05) is 12.3 Å². The highest BCUT2D eigenvalue weighted by Crippen LogP contribution is 2.61. The van der Waals surface area contributed by atoms with Gasteiger partial charge in [-0.1, -0.05) is 0 Å². The monoisotopic (exact) mass is 589 g/mol. The lowest BCUT2D eigenvalue weighted by atomic mass is 10.0. The molecule has 2 aromatic rings. The number of nitrogens with one attached hydrogen (secondary N) is 1. The van der Waals surface area contributed by atoms with Crippen molar-refractivity contribution in [3.8, 4) is 0 Å². The van der Waals surface area contributed by atoms with Gasteiger partial charge in [-0.3, -0.25) is 23.4 Å². The fourth-order valence-corrected chi connectivity index (χ4v) is 5.96. The van der Waals surface area contributed by atoms with E-state index in [9.17, 15) is 49.2 Å². The molecule has 0 bridgehead atoms. The summed E-state index contributed by atoms with van der Waals surface area (Å²) in [6, 6.07) is 0. The molecule has 0 aromatic carbocycles. The van der Waals surface area contributed by atoms with E-state index in [1.807, 2.05) is 0 Å². The molecule has 4 heterocycles. The van der Waals surface area contributed by atoms with Gasteiger partial charge in [0.05, 0.1) is 19.0 Å². The van der Waals surface area contributed by atoms with Crippen LogP contribution in [0.1, 0.15) is 13.2 Å². The molecule has 10 N–H and O–H groups in total. The topological polar surface area (TPSA) is 311 Å². The van der Waals surface area contributed by atoms with Crippen molar-refractivity contribution in [2.45, 2.75) is 62.2 Å². The van der Waals surface area contributed by atoms with E-state index in [1.54, 1.807) is 0 Å². The van der Waals surface area contributed by atoms with Gasteiger partial charge in [0, 0.05) is 0 Å². The van der Waals surface area contributed by atoms with Gasteiger partial charge in [-0.15, -0.1) is 0 Å². The number of fused-ring (bicyclic) bond motifs is 1. The van der Waals surface area contributed by atoms with Crippen LogP contribution in [0.5, 0.6) is 0 Å². The van der Waals surface area contributed by atoms with Crippen LogP contribution in [0.25, 0.3) is 11.2 Å². The first-order chi connectivity index (χ1) is 17.6. The van der Waals surface area contributed by atoms with Gasteiger partial charge in [-0.05, 0) is 6.92 Å². The number of phosphoric acid groups is 2. The molecule has 2 saturated heterocycles. The molecule has 11 atom stereocenters. The predicted octanol–water partition coefficient (Wildman–Crippen LogP) is -3.60. The van der Waals surface area contributed by atoms with Gasteiger partial charge in [-0.2, -0.15) is 9.29 Å². The minimum atomic E-state index is -5.50. The second kappa shape index (κ2) is 10.6. The normalized spacial score (nSPS) is 37.2. The lowest BCUT2D eigenvalue weighted by Crippen LogP contribution is -2.57. The third-order valence-electron chi connectivity index (χ3n) is 5.72. The molecule has 2 aliphatic rings. The summed E-state index contributed by atoms with van der Waals surface area (Å²) in [4.78, 5) is 41.7. The molecular formula is C16H25N5O15P2. The number of aromatic nitrogens is 4. The maximum atomic E-state index is 12.3. The van der Waals surface area contributed by atoms with Crippen LogP contribution in [0.2, 0.25) is 0 Å². The molecule has 22 heteroatoms. The van der Waals surface area contributed by atoms with Crippen LogP contribution in [0.3, 0.4) is 0 Å². The van der Waals surface area contributed by atoms with Crippen LogP contribution in [0, 0.1) is 0 Å². The van der Waals surface area contributed by atoms with Gasteiger partial charge in [0.15, 0.2) is 23.7 Å². The summed E-state index contributed by atoms with van der Waals surface area (Å²) in [5, 5.41) is 50.0. The van der Waals surface area contributed by atoms with E-state index in [2.05, 4.69) is 28.3 Å². The molecule has 0 amide bonds. The van der Waals surface area contributed by atoms with Crippen LogP contribution in [-0.4, -0.2) is 110 Å². The minimum absolute atomic E-state index is 0.0994. The quantitative estimate of drug-likeness (QED) is 0.134. The molecule has 2 fully saturated rings. The summed E-state index contributed by atoms with van der Waals surface area (Å²) in [5.74, 6) is -0.266. The van der Waals surface area contributed by atoms with E-state index in [1.165, 1.54) is 6.92 Å². The highest BCUT2D eigenvalue weighted by atomic mass is 31.3. The van der Waals surface area contributed by atoms with Crippen molar-refractivity contribution in [1.29, 1.82) is 0 Å². The molecule has 2 aromatic heterocycles. The van der Waals surface area contributed by atoms with Gasteiger partial charge in [0.25, 0.3) is 5.56 Å². The van der Waals surface area contributed by atoms with Crippen molar-refractivity contribution in [1.82, 2.24) is 19.5 Å². The first-order valence-corrected chi connectivity index (χ1v) is 13.7. The average molecular weight is 589 g/mol. The first-order valence-electron chi connectivity index (χ1n) is 10.7. The fourth-order valence-electron chi connectivity index (χ4n) is 3.80. The average Bonchev–Trinajstić information content (AvgIpc) is 3.35. The maximum Gasteiger partial charge on any atom is 0.483 e. The summed E-state index contributed by atoms with van der Waals surface area (Å²) >= 11 is 0. The van der Waals surface area contributed by atoms with Crippen molar-refractivity contribution >= 4 is 32.8 Å². The molecule has 2 unspecified atom stereocenters. The number of aromatic amines is 1. The van der Waals surface area contributed by atoms with Crippen molar-refractivity contribution in [3.63, 3.8) is 0 Å². The first kappa shape index (κ1) is 29.1. The Labute approximate surface area is 211 Å². The maximum absolute atomic E-state index is 12.3. The zero-order valence-electron chi connectivity index (χ0n) is 19.2.